The zero-order valence-electron chi connectivity index (χ0n) is 17.5. The van der Waals surface area contributed by atoms with E-state index in [1.54, 1.807) is 24.4 Å². The number of nitrogens with two attached hydrogens (primary N) is 2. The lowest BCUT2D eigenvalue weighted by atomic mass is 10.0. The summed E-state index contributed by atoms with van der Waals surface area (Å²) in [6.07, 6.45) is 0.0378. The number of nitrogen functional groups attached to an aromatic ring is 2. The first kappa shape index (κ1) is 24.2. The number of hydrogen-bond donors (Lipinski definition) is 4. The smallest absolute Gasteiger partial charge is 0.396 e. The lowest BCUT2D eigenvalue weighted by molar-refractivity contribution is -0.137. The van der Waals surface area contributed by atoms with E-state index in [2.05, 4.69) is 15.6 Å². The molecule has 174 valence electrons. The first-order valence-corrected chi connectivity index (χ1v) is 10.9. The van der Waals surface area contributed by atoms with Crippen LogP contribution in [-0.4, -0.2) is 17.3 Å². The number of pyridine rings is 1. The summed E-state index contributed by atoms with van der Waals surface area (Å²) in [5.74, 6) is -0.699. The first-order chi connectivity index (χ1) is 15.6. The molecule has 0 unspecified atom stereocenters. The molecule has 0 saturated carbocycles. The van der Waals surface area contributed by atoms with Crippen molar-refractivity contribution in [1.82, 2.24) is 4.98 Å². The molecule has 3 rings (SSSR count). The highest BCUT2D eigenvalue weighted by atomic mass is 32.2. The van der Waals surface area contributed by atoms with Gasteiger partial charge >= 0.3 is 12.2 Å². The maximum atomic E-state index is 13.9. The Balaban J connectivity index is 1.70. The van der Waals surface area contributed by atoms with Crippen LogP contribution in [-0.2, 0) is 19.0 Å². The Kier molecular flexibility index (Phi) is 7.32. The Morgan fingerprint density at radius 2 is 1.76 bits per heavy atom. The Hall–Kier alpha value is -3.47. The molecule has 0 aliphatic carbocycles. The Bertz CT molecular complexity index is 1170. The number of rotatable bonds is 6. The maximum Gasteiger partial charge on any atom is 0.416 e. The van der Waals surface area contributed by atoms with Crippen LogP contribution in [0.1, 0.15) is 16.7 Å². The van der Waals surface area contributed by atoms with Gasteiger partial charge in [-0.05, 0) is 66.6 Å². The molecule has 11 heteroatoms. The molecule has 0 spiro atoms. The lowest BCUT2D eigenvalue weighted by Crippen LogP contribution is -2.21. The van der Waals surface area contributed by atoms with Crippen LogP contribution < -0.4 is 22.1 Å². The van der Waals surface area contributed by atoms with Gasteiger partial charge in [0.2, 0.25) is 0 Å². The number of amides is 2. The predicted molar refractivity (Wildman–Crippen MR) is 123 cm³/mol. The van der Waals surface area contributed by atoms with Crippen LogP contribution in [0.4, 0.5) is 45.2 Å². The van der Waals surface area contributed by atoms with Crippen molar-refractivity contribution in [2.24, 2.45) is 0 Å². The van der Waals surface area contributed by atoms with Crippen LogP contribution in [0.2, 0.25) is 0 Å². The van der Waals surface area contributed by atoms with Crippen molar-refractivity contribution in [3.63, 3.8) is 0 Å². The number of benzene rings is 2. The Morgan fingerprint density at radius 1 is 1.03 bits per heavy atom. The molecule has 6 N–H and O–H groups in total. The molecule has 0 aliphatic heterocycles. The molecule has 0 saturated heterocycles. The fraction of sp³-hybridized carbons (Fsp3) is 0.182. The monoisotopic (exact) mass is 479 g/mol. The van der Waals surface area contributed by atoms with Gasteiger partial charge in [-0.2, -0.15) is 13.2 Å². The Labute approximate surface area is 191 Å². The minimum absolute atomic E-state index is 0.278. The van der Waals surface area contributed by atoms with Crippen LogP contribution in [0.3, 0.4) is 0 Å². The number of nitrogens with one attached hydrogen (secondary N) is 2. The standard InChI is InChI=1S/C22H21F4N5OS/c1-33-18-10-12(2-4-13-8-9-29-20(28)19(13)27)3-7-16(18)30-21(32)31-17-11-14(22(24,25)26)5-6-15(17)23/h3,5-11H,2,4,27H2,1H3,(H2,28,29)(H2,30,31,32). The summed E-state index contributed by atoms with van der Waals surface area (Å²) < 4.78 is 52.5. The minimum Gasteiger partial charge on any atom is -0.396 e. The molecule has 0 fully saturated rings. The van der Waals surface area contributed by atoms with Gasteiger partial charge in [-0.25, -0.2) is 14.2 Å². The molecule has 0 atom stereocenters. The molecule has 0 aliphatic rings. The molecule has 6 nitrogen and oxygen atoms in total. The lowest BCUT2D eigenvalue weighted by Gasteiger charge is -2.14. The molecule has 2 amide bonds. The summed E-state index contributed by atoms with van der Waals surface area (Å²) in [6.45, 7) is 0. The Morgan fingerprint density at radius 3 is 2.45 bits per heavy atom. The van der Waals surface area contributed by atoms with Crippen molar-refractivity contribution in [3.05, 3.63) is 71.2 Å². The summed E-state index contributed by atoms with van der Waals surface area (Å²) in [5.41, 5.74) is 12.8. The van der Waals surface area contributed by atoms with Gasteiger partial charge in [0.15, 0.2) is 0 Å². The highest BCUT2D eigenvalue weighted by Gasteiger charge is 2.31. The molecule has 33 heavy (non-hydrogen) atoms. The number of aryl methyl sites for hydroxylation is 2. The van der Waals surface area contributed by atoms with Gasteiger partial charge in [0.1, 0.15) is 11.6 Å². The summed E-state index contributed by atoms with van der Waals surface area (Å²) >= 11 is 1.37. The number of urea groups is 1. The van der Waals surface area contributed by atoms with Crippen molar-refractivity contribution in [3.8, 4) is 0 Å². The number of alkyl halides is 3. The molecule has 1 heterocycles. The second-order valence-electron chi connectivity index (χ2n) is 7.08. The average molecular weight is 480 g/mol. The highest BCUT2D eigenvalue weighted by Crippen LogP contribution is 2.32. The van der Waals surface area contributed by atoms with E-state index in [4.69, 9.17) is 11.5 Å². The van der Waals surface area contributed by atoms with Gasteiger partial charge in [0.05, 0.1) is 22.6 Å². The average Bonchev–Trinajstić information content (AvgIpc) is 2.76. The number of halogens is 4. The number of anilines is 4. The molecule has 0 radical (unpaired) electrons. The quantitative estimate of drug-likeness (QED) is 0.274. The summed E-state index contributed by atoms with van der Waals surface area (Å²) in [7, 11) is 0. The van der Waals surface area contributed by atoms with Crippen LogP contribution in [0.15, 0.2) is 53.6 Å². The van der Waals surface area contributed by atoms with Crippen LogP contribution >= 0.6 is 11.8 Å². The van der Waals surface area contributed by atoms with E-state index in [1.165, 1.54) is 11.8 Å². The van der Waals surface area contributed by atoms with Crippen molar-refractivity contribution < 1.29 is 22.4 Å². The number of nitrogens with zero attached hydrogens (tertiary/aromatic N) is 1. The largest absolute Gasteiger partial charge is 0.416 e. The van der Waals surface area contributed by atoms with Crippen molar-refractivity contribution in [2.45, 2.75) is 23.9 Å². The van der Waals surface area contributed by atoms with Crippen LogP contribution in [0.25, 0.3) is 0 Å². The van der Waals surface area contributed by atoms with E-state index in [0.717, 1.165) is 16.0 Å². The van der Waals surface area contributed by atoms with Gasteiger partial charge in [-0.3, -0.25) is 0 Å². The van der Waals surface area contributed by atoms with Gasteiger partial charge in [-0.15, -0.1) is 11.8 Å². The van der Waals surface area contributed by atoms with Crippen molar-refractivity contribution >= 4 is 40.7 Å². The van der Waals surface area contributed by atoms with Gasteiger partial charge in [-0.1, -0.05) is 6.07 Å². The van der Waals surface area contributed by atoms with E-state index in [1.807, 2.05) is 12.3 Å². The third-order valence-electron chi connectivity index (χ3n) is 4.85. The summed E-state index contributed by atoms with van der Waals surface area (Å²) in [4.78, 5) is 17.0. The van der Waals surface area contributed by atoms with E-state index in [-0.39, 0.29) is 5.82 Å². The zero-order chi connectivity index (χ0) is 24.2. The third-order valence-corrected chi connectivity index (χ3v) is 5.63. The topological polar surface area (TPSA) is 106 Å². The van der Waals surface area contributed by atoms with E-state index in [0.29, 0.717) is 42.4 Å². The fourth-order valence-corrected chi connectivity index (χ4v) is 3.70. The number of thioether (sulfide) groups is 1. The zero-order valence-corrected chi connectivity index (χ0v) is 18.3. The maximum absolute atomic E-state index is 13.9. The predicted octanol–water partition coefficient (Wildman–Crippen LogP) is 5.56. The second kappa shape index (κ2) is 9.99. The fourth-order valence-electron chi connectivity index (χ4n) is 3.10. The molecular formula is C22H21F4N5OS. The molecular weight excluding hydrogens is 458 g/mol. The summed E-state index contributed by atoms with van der Waals surface area (Å²) in [5, 5.41) is 4.68. The second-order valence-corrected chi connectivity index (χ2v) is 7.92. The molecule has 3 aromatic rings. The number of aromatic nitrogens is 1. The SMILES string of the molecule is CSc1cc(CCc2ccnc(N)c2N)ccc1NC(=O)Nc1cc(C(F)(F)F)ccc1F. The molecule has 0 bridgehead atoms. The van der Waals surface area contributed by atoms with E-state index >= 15 is 0 Å². The minimum atomic E-state index is -4.66. The number of carbonyl (C=O) groups excluding carboxylic acids is 1. The van der Waals surface area contributed by atoms with Crippen molar-refractivity contribution in [2.75, 3.05) is 28.4 Å². The third kappa shape index (κ3) is 6.07. The number of carbonyl (C=O) groups is 1. The normalized spacial score (nSPS) is 11.3. The van der Waals surface area contributed by atoms with Crippen molar-refractivity contribution in [1.29, 1.82) is 0 Å². The first-order valence-electron chi connectivity index (χ1n) is 9.69. The van der Waals surface area contributed by atoms with Crippen LogP contribution in [0.5, 0.6) is 0 Å². The summed E-state index contributed by atoms with van der Waals surface area (Å²) in [6, 6.07) is 8.11. The molecule has 1 aromatic heterocycles. The van der Waals surface area contributed by atoms with Gasteiger partial charge < -0.3 is 22.1 Å². The van der Waals surface area contributed by atoms with Gasteiger partial charge in [0, 0.05) is 11.1 Å². The van der Waals surface area contributed by atoms with E-state index in [9.17, 15) is 22.4 Å². The van der Waals surface area contributed by atoms with E-state index < -0.39 is 29.3 Å². The van der Waals surface area contributed by atoms with Gasteiger partial charge in [0.25, 0.3) is 0 Å². The number of hydrogen-bond acceptors (Lipinski definition) is 5. The highest BCUT2D eigenvalue weighted by molar-refractivity contribution is 7.98. The molecule has 2 aromatic carbocycles. The van der Waals surface area contributed by atoms with Crippen LogP contribution in [0, 0.1) is 5.82 Å².